The Morgan fingerprint density at radius 3 is 2.45 bits per heavy atom. The van der Waals surface area contributed by atoms with Crippen LogP contribution in [0.5, 0.6) is 0 Å². The molecule has 2 N–H and O–H groups in total. The van der Waals surface area contributed by atoms with E-state index >= 15 is 0 Å². The lowest BCUT2D eigenvalue weighted by atomic mass is 9.86. The highest BCUT2D eigenvalue weighted by Crippen LogP contribution is 2.28. The van der Waals surface area contributed by atoms with Crippen molar-refractivity contribution >= 4 is 28.6 Å². The topological polar surface area (TPSA) is 70.2 Å². The molecule has 1 heterocycles. The van der Waals surface area contributed by atoms with E-state index in [0.717, 1.165) is 48.9 Å². The van der Waals surface area contributed by atoms with E-state index in [-0.39, 0.29) is 11.3 Å². The second-order valence-electron chi connectivity index (χ2n) is 9.69. The predicted molar refractivity (Wildman–Crippen MR) is 120 cm³/mol. The van der Waals surface area contributed by atoms with Gasteiger partial charge in [-0.2, -0.15) is 4.98 Å². The summed E-state index contributed by atoms with van der Waals surface area (Å²) in [7, 11) is 4.02. The Morgan fingerprint density at radius 1 is 1.10 bits per heavy atom. The first-order valence-electron chi connectivity index (χ1n) is 10.7. The van der Waals surface area contributed by atoms with Gasteiger partial charge in [-0.3, -0.25) is 4.79 Å². The smallest absolute Gasteiger partial charge is 0.225 e. The monoisotopic (exact) mass is 397 g/mol. The Kier molecular flexibility index (Phi) is 6.60. The minimum Gasteiger partial charge on any atom is -0.362 e. The molecule has 29 heavy (non-hydrogen) atoms. The molecule has 2 aromatic rings. The van der Waals surface area contributed by atoms with Crippen molar-refractivity contribution in [2.24, 2.45) is 11.3 Å². The molecule has 1 aromatic carbocycles. The summed E-state index contributed by atoms with van der Waals surface area (Å²) in [5, 5.41) is 7.74. The average molecular weight is 398 g/mol. The molecule has 0 saturated heterocycles. The third-order valence-electron chi connectivity index (χ3n) is 5.47. The number of nitrogens with zero attached hydrogens (tertiary/aromatic N) is 3. The van der Waals surface area contributed by atoms with Gasteiger partial charge in [-0.15, -0.1) is 0 Å². The summed E-state index contributed by atoms with van der Waals surface area (Å²) >= 11 is 0. The van der Waals surface area contributed by atoms with Gasteiger partial charge in [0.05, 0.1) is 5.52 Å². The first-order chi connectivity index (χ1) is 13.7. The number of anilines is 2. The van der Waals surface area contributed by atoms with Crippen molar-refractivity contribution in [2.45, 2.75) is 58.9 Å². The summed E-state index contributed by atoms with van der Waals surface area (Å²) in [5.41, 5.74) is 1.00. The summed E-state index contributed by atoms with van der Waals surface area (Å²) in [6.45, 7) is 7.08. The molecule has 0 unspecified atom stereocenters. The van der Waals surface area contributed by atoms with Gasteiger partial charge in [0, 0.05) is 38.5 Å². The molecule has 0 spiro atoms. The zero-order valence-corrected chi connectivity index (χ0v) is 18.5. The lowest BCUT2D eigenvalue weighted by Gasteiger charge is -2.30. The van der Waals surface area contributed by atoms with Gasteiger partial charge in [-0.1, -0.05) is 32.9 Å². The van der Waals surface area contributed by atoms with Crippen LogP contribution in [0.25, 0.3) is 10.9 Å². The molecular weight excluding hydrogens is 362 g/mol. The fraction of sp³-hybridized carbons (Fsp3) is 0.609. The molecule has 6 nitrogen and oxygen atoms in total. The second-order valence-corrected chi connectivity index (χ2v) is 9.69. The first kappa shape index (κ1) is 21.3. The van der Waals surface area contributed by atoms with Gasteiger partial charge in [0.2, 0.25) is 11.9 Å². The van der Waals surface area contributed by atoms with E-state index in [1.165, 1.54) is 0 Å². The molecule has 3 rings (SSSR count). The summed E-state index contributed by atoms with van der Waals surface area (Å²) in [5.74, 6) is 2.37. The minimum absolute atomic E-state index is 0.0386. The van der Waals surface area contributed by atoms with E-state index in [4.69, 9.17) is 9.97 Å². The van der Waals surface area contributed by atoms with Crippen LogP contribution in [0.2, 0.25) is 0 Å². The zero-order valence-electron chi connectivity index (χ0n) is 18.5. The molecule has 1 aromatic heterocycles. The van der Waals surface area contributed by atoms with Crippen molar-refractivity contribution in [3.05, 3.63) is 24.3 Å². The van der Waals surface area contributed by atoms with Crippen LogP contribution in [-0.2, 0) is 4.79 Å². The number of fused-ring (bicyclic) bond motifs is 1. The summed E-state index contributed by atoms with van der Waals surface area (Å²) in [4.78, 5) is 23.6. The molecule has 0 aliphatic heterocycles. The molecular formula is C23H35N5O. The highest BCUT2D eigenvalue weighted by atomic mass is 16.1. The molecule has 1 aliphatic carbocycles. The first-order valence-corrected chi connectivity index (χ1v) is 10.7. The third-order valence-corrected chi connectivity index (χ3v) is 5.47. The number of hydrogen-bond acceptors (Lipinski definition) is 5. The molecule has 1 aliphatic rings. The number of carbonyl (C=O) groups is 1. The Balaban J connectivity index is 1.54. The van der Waals surface area contributed by atoms with Crippen LogP contribution in [0.1, 0.15) is 52.9 Å². The van der Waals surface area contributed by atoms with Gasteiger partial charge in [0.1, 0.15) is 5.82 Å². The van der Waals surface area contributed by atoms with Gasteiger partial charge in [0.25, 0.3) is 0 Å². The van der Waals surface area contributed by atoms with Gasteiger partial charge < -0.3 is 15.5 Å². The number of hydrogen-bond donors (Lipinski definition) is 2. The molecule has 1 fully saturated rings. The molecule has 0 radical (unpaired) electrons. The lowest BCUT2D eigenvalue weighted by molar-refractivity contribution is -0.123. The molecule has 158 valence electrons. The summed E-state index contributed by atoms with van der Waals surface area (Å²) < 4.78 is 0. The molecule has 6 heteroatoms. The van der Waals surface area contributed by atoms with Crippen LogP contribution in [0, 0.1) is 11.3 Å². The fourth-order valence-electron chi connectivity index (χ4n) is 3.96. The van der Waals surface area contributed by atoms with Crippen LogP contribution in [0.3, 0.4) is 0 Å². The van der Waals surface area contributed by atoms with E-state index in [2.05, 4.69) is 37.5 Å². The number of benzene rings is 1. The Hall–Kier alpha value is -2.37. The van der Waals surface area contributed by atoms with Gasteiger partial charge >= 0.3 is 0 Å². The average Bonchev–Trinajstić information content (AvgIpc) is 2.65. The van der Waals surface area contributed by atoms with Crippen molar-refractivity contribution in [3.8, 4) is 0 Å². The van der Waals surface area contributed by atoms with Crippen LogP contribution in [0.15, 0.2) is 24.3 Å². The summed E-state index contributed by atoms with van der Waals surface area (Å²) in [6, 6.07) is 8.51. The molecule has 0 atom stereocenters. The quantitative estimate of drug-likeness (QED) is 0.764. The van der Waals surface area contributed by atoms with E-state index in [1.54, 1.807) is 0 Å². The number of amides is 1. The SMILES string of the molecule is CN(C)c1nc(NC2CCC(CNC(=O)CC(C)(C)C)CC2)nc2ccccc12. The van der Waals surface area contributed by atoms with Gasteiger partial charge in [-0.25, -0.2) is 4.98 Å². The highest BCUT2D eigenvalue weighted by molar-refractivity contribution is 5.90. The standard InChI is InChI=1S/C23H35N5O/c1-23(2,3)14-20(29)24-15-16-10-12-17(13-11-16)25-22-26-19-9-7-6-8-18(19)21(27-22)28(4)5/h6-9,16-17H,10-15H2,1-5H3,(H,24,29)(H,25,26,27). The van der Waals surface area contributed by atoms with E-state index in [0.29, 0.717) is 24.3 Å². The van der Waals surface area contributed by atoms with Crippen LogP contribution >= 0.6 is 0 Å². The maximum absolute atomic E-state index is 12.1. The predicted octanol–water partition coefficient (Wildman–Crippen LogP) is 4.22. The summed E-state index contributed by atoms with van der Waals surface area (Å²) in [6.07, 6.45) is 4.96. The Bertz CT molecular complexity index is 835. The van der Waals surface area contributed by atoms with Crippen LogP contribution in [0.4, 0.5) is 11.8 Å². The van der Waals surface area contributed by atoms with Crippen molar-refractivity contribution < 1.29 is 4.79 Å². The largest absolute Gasteiger partial charge is 0.362 e. The van der Waals surface area contributed by atoms with Crippen molar-refractivity contribution in [2.75, 3.05) is 30.9 Å². The van der Waals surface area contributed by atoms with E-state index in [1.807, 2.05) is 37.2 Å². The van der Waals surface area contributed by atoms with Crippen molar-refractivity contribution in [1.82, 2.24) is 15.3 Å². The van der Waals surface area contributed by atoms with Crippen LogP contribution in [-0.4, -0.2) is 42.6 Å². The maximum Gasteiger partial charge on any atom is 0.225 e. The number of aromatic nitrogens is 2. The fourth-order valence-corrected chi connectivity index (χ4v) is 3.96. The minimum atomic E-state index is 0.0386. The second kappa shape index (κ2) is 8.97. The zero-order chi connectivity index (χ0) is 21.0. The maximum atomic E-state index is 12.1. The number of nitrogens with one attached hydrogen (secondary N) is 2. The molecule has 0 bridgehead atoms. The lowest BCUT2D eigenvalue weighted by Crippen LogP contribution is -2.35. The highest BCUT2D eigenvalue weighted by Gasteiger charge is 2.23. The van der Waals surface area contributed by atoms with Gasteiger partial charge in [0.15, 0.2) is 0 Å². The Labute approximate surface area is 174 Å². The van der Waals surface area contributed by atoms with Gasteiger partial charge in [-0.05, 0) is 49.1 Å². The van der Waals surface area contributed by atoms with Crippen molar-refractivity contribution in [1.29, 1.82) is 0 Å². The molecule has 1 saturated carbocycles. The number of rotatable bonds is 6. The van der Waals surface area contributed by atoms with E-state index < -0.39 is 0 Å². The Morgan fingerprint density at radius 2 is 1.79 bits per heavy atom. The normalized spacial score (nSPS) is 19.8. The van der Waals surface area contributed by atoms with Crippen molar-refractivity contribution in [3.63, 3.8) is 0 Å². The molecule has 1 amide bonds. The van der Waals surface area contributed by atoms with E-state index in [9.17, 15) is 4.79 Å². The van der Waals surface area contributed by atoms with Crippen LogP contribution < -0.4 is 15.5 Å². The number of carbonyl (C=O) groups excluding carboxylic acids is 1. The third kappa shape index (κ3) is 6.05. The number of para-hydroxylation sites is 1.